The van der Waals surface area contributed by atoms with Crippen molar-refractivity contribution in [3.05, 3.63) is 74.3 Å². The van der Waals surface area contributed by atoms with Crippen LogP contribution in [0.4, 0.5) is 0 Å². The fourth-order valence-corrected chi connectivity index (χ4v) is 4.19. The quantitative estimate of drug-likeness (QED) is 0.208. The first kappa shape index (κ1) is 28.3. The Morgan fingerprint density at radius 3 is 2.49 bits per heavy atom. The molecule has 0 bridgehead atoms. The number of carbonyl (C=O) groups excluding carboxylic acids is 2. The number of rotatable bonds is 10. The number of hydrogen-bond donors (Lipinski definition) is 0. The summed E-state index contributed by atoms with van der Waals surface area (Å²) in [5, 5.41) is 10.6. The molecule has 7 nitrogen and oxygen atoms in total. The molecule has 0 radical (unpaired) electrons. The van der Waals surface area contributed by atoms with E-state index in [1.165, 1.54) is 7.11 Å². The van der Waals surface area contributed by atoms with Gasteiger partial charge in [0.2, 0.25) is 0 Å². The molecule has 0 aliphatic carbocycles. The predicted octanol–water partition coefficient (Wildman–Crippen LogP) is 5.99. The van der Waals surface area contributed by atoms with E-state index in [-0.39, 0.29) is 30.4 Å². The normalized spacial score (nSPS) is 15.0. The zero-order chi connectivity index (χ0) is 27.1. The summed E-state index contributed by atoms with van der Waals surface area (Å²) >= 11 is 12.2. The Labute approximate surface area is 226 Å². The average Bonchev–Trinajstić information content (AvgIpc) is 2.86. The number of nitriles is 1. The third kappa shape index (κ3) is 6.92. The number of benzene rings is 2. The number of amides is 2. The van der Waals surface area contributed by atoms with Gasteiger partial charge in [0.1, 0.15) is 18.2 Å². The lowest BCUT2D eigenvalue weighted by Crippen LogP contribution is -2.43. The monoisotopic (exact) mass is 542 g/mol. The van der Waals surface area contributed by atoms with Crippen molar-refractivity contribution in [2.75, 3.05) is 20.3 Å². The van der Waals surface area contributed by atoms with E-state index in [9.17, 15) is 14.9 Å². The molecule has 0 spiro atoms. The molecule has 0 aromatic heterocycles. The average molecular weight is 543 g/mol. The Balaban J connectivity index is 1.85. The SMILES string of the molecule is COc1cc(/C=C2/C(=O)N(CCCOC(C)C)C(=O)C(C#N)=C2C)ccc1OCc1ccc(Cl)cc1Cl. The predicted molar refractivity (Wildman–Crippen MR) is 143 cm³/mol. The molecule has 1 aliphatic rings. The summed E-state index contributed by atoms with van der Waals surface area (Å²) in [4.78, 5) is 27.1. The van der Waals surface area contributed by atoms with Crippen LogP contribution >= 0.6 is 23.2 Å². The van der Waals surface area contributed by atoms with Crippen LogP contribution in [0.3, 0.4) is 0 Å². The smallest absolute Gasteiger partial charge is 0.271 e. The molecule has 194 valence electrons. The maximum atomic E-state index is 13.3. The Kier molecular flexibility index (Phi) is 9.76. The lowest BCUT2D eigenvalue weighted by Gasteiger charge is -2.27. The van der Waals surface area contributed by atoms with Crippen LogP contribution in [0.5, 0.6) is 11.5 Å². The molecule has 3 rings (SSSR count). The van der Waals surface area contributed by atoms with Gasteiger partial charge in [-0.1, -0.05) is 35.3 Å². The molecule has 2 aromatic rings. The van der Waals surface area contributed by atoms with Gasteiger partial charge < -0.3 is 14.2 Å². The van der Waals surface area contributed by atoms with Gasteiger partial charge in [0, 0.05) is 34.3 Å². The van der Waals surface area contributed by atoms with Crippen molar-refractivity contribution < 1.29 is 23.8 Å². The largest absolute Gasteiger partial charge is 0.493 e. The standard InChI is InChI=1S/C28H28Cl2N2O5/c1-17(2)36-11-5-10-32-27(33)22(18(3)23(15-31)28(32)34)12-19-6-9-25(26(13-19)35-4)37-16-20-7-8-21(29)14-24(20)30/h6-9,12-14,17H,5,10-11,16H2,1-4H3/b22-12+. The maximum Gasteiger partial charge on any atom is 0.271 e. The first-order chi connectivity index (χ1) is 17.7. The van der Waals surface area contributed by atoms with Crippen LogP contribution in [-0.4, -0.2) is 43.1 Å². The number of imide groups is 1. The van der Waals surface area contributed by atoms with Crippen molar-refractivity contribution in [3.8, 4) is 17.6 Å². The fourth-order valence-electron chi connectivity index (χ4n) is 3.73. The van der Waals surface area contributed by atoms with E-state index < -0.39 is 11.8 Å². The number of nitrogens with zero attached hydrogens (tertiary/aromatic N) is 2. The van der Waals surface area contributed by atoms with Crippen molar-refractivity contribution >= 4 is 41.1 Å². The van der Waals surface area contributed by atoms with Gasteiger partial charge in [0.15, 0.2) is 11.5 Å². The van der Waals surface area contributed by atoms with Crippen LogP contribution in [0, 0.1) is 11.3 Å². The van der Waals surface area contributed by atoms with E-state index in [2.05, 4.69) is 0 Å². The molecule has 2 aromatic carbocycles. The zero-order valence-electron chi connectivity index (χ0n) is 21.1. The second-order valence-electron chi connectivity index (χ2n) is 8.64. The first-order valence-electron chi connectivity index (χ1n) is 11.7. The molecule has 0 atom stereocenters. The second-order valence-corrected chi connectivity index (χ2v) is 9.48. The Hall–Kier alpha value is -3.31. The van der Waals surface area contributed by atoms with Gasteiger partial charge in [-0.25, -0.2) is 0 Å². The van der Waals surface area contributed by atoms with Crippen LogP contribution in [0.2, 0.25) is 10.0 Å². The molecule has 2 amide bonds. The number of ether oxygens (including phenoxy) is 3. The lowest BCUT2D eigenvalue weighted by molar-refractivity contribution is -0.140. The van der Waals surface area contributed by atoms with E-state index in [1.807, 2.05) is 19.9 Å². The summed E-state index contributed by atoms with van der Waals surface area (Å²) < 4.78 is 16.9. The molecule has 0 saturated carbocycles. The Bertz CT molecular complexity index is 1290. The molecule has 0 saturated heterocycles. The second kappa shape index (κ2) is 12.8. The van der Waals surface area contributed by atoms with E-state index in [1.54, 1.807) is 49.4 Å². The van der Waals surface area contributed by atoms with Gasteiger partial charge in [0.25, 0.3) is 11.8 Å². The van der Waals surface area contributed by atoms with E-state index in [4.69, 9.17) is 37.4 Å². The van der Waals surface area contributed by atoms with Crippen LogP contribution in [0.1, 0.15) is 38.3 Å². The molecule has 0 unspecified atom stereocenters. The van der Waals surface area contributed by atoms with Crippen molar-refractivity contribution in [2.24, 2.45) is 0 Å². The minimum Gasteiger partial charge on any atom is -0.493 e. The summed E-state index contributed by atoms with van der Waals surface area (Å²) in [5.41, 5.74) is 1.96. The van der Waals surface area contributed by atoms with Crippen molar-refractivity contribution in [2.45, 2.75) is 39.9 Å². The fraction of sp³-hybridized carbons (Fsp3) is 0.321. The van der Waals surface area contributed by atoms with Gasteiger partial charge in [-0.3, -0.25) is 14.5 Å². The molecule has 9 heteroatoms. The van der Waals surface area contributed by atoms with Gasteiger partial charge >= 0.3 is 0 Å². The topological polar surface area (TPSA) is 88.9 Å². The Morgan fingerprint density at radius 2 is 1.84 bits per heavy atom. The number of carbonyl (C=O) groups is 2. The number of halogens is 2. The van der Waals surface area contributed by atoms with Crippen molar-refractivity contribution in [1.29, 1.82) is 5.26 Å². The van der Waals surface area contributed by atoms with E-state index >= 15 is 0 Å². The molecule has 37 heavy (non-hydrogen) atoms. The minimum atomic E-state index is -0.589. The molecule has 0 N–H and O–H groups in total. The molecule has 0 fully saturated rings. The van der Waals surface area contributed by atoms with Gasteiger partial charge in [0.05, 0.1) is 13.2 Å². The highest BCUT2D eigenvalue weighted by Gasteiger charge is 2.35. The number of hydrogen-bond acceptors (Lipinski definition) is 6. The van der Waals surface area contributed by atoms with Crippen LogP contribution < -0.4 is 9.47 Å². The summed E-state index contributed by atoms with van der Waals surface area (Å²) in [5.74, 6) is -0.113. The molecule has 1 aliphatic heterocycles. The summed E-state index contributed by atoms with van der Waals surface area (Å²) in [6, 6.07) is 12.3. The van der Waals surface area contributed by atoms with E-state index in [0.717, 1.165) is 10.5 Å². The third-order valence-electron chi connectivity index (χ3n) is 5.70. The van der Waals surface area contributed by atoms with Crippen molar-refractivity contribution in [3.63, 3.8) is 0 Å². The summed E-state index contributed by atoms with van der Waals surface area (Å²) in [6.45, 7) is 6.19. The maximum absolute atomic E-state index is 13.3. The highest BCUT2D eigenvalue weighted by Crippen LogP contribution is 2.33. The minimum absolute atomic E-state index is 0.0464. The summed E-state index contributed by atoms with van der Waals surface area (Å²) in [7, 11) is 1.51. The Morgan fingerprint density at radius 1 is 1.08 bits per heavy atom. The zero-order valence-corrected chi connectivity index (χ0v) is 22.7. The van der Waals surface area contributed by atoms with Gasteiger partial charge in [-0.15, -0.1) is 0 Å². The van der Waals surface area contributed by atoms with Crippen LogP contribution in [0.15, 0.2) is 53.1 Å². The third-order valence-corrected chi connectivity index (χ3v) is 6.29. The lowest BCUT2D eigenvalue weighted by atomic mass is 9.93. The molecular weight excluding hydrogens is 515 g/mol. The van der Waals surface area contributed by atoms with E-state index in [0.29, 0.717) is 45.7 Å². The van der Waals surface area contributed by atoms with Gasteiger partial charge in [-0.2, -0.15) is 5.26 Å². The first-order valence-corrected chi connectivity index (χ1v) is 12.5. The highest BCUT2D eigenvalue weighted by atomic mass is 35.5. The summed E-state index contributed by atoms with van der Waals surface area (Å²) in [6.07, 6.45) is 2.16. The molecular formula is C28H28Cl2N2O5. The number of methoxy groups -OCH3 is 1. The van der Waals surface area contributed by atoms with Gasteiger partial charge in [-0.05, 0) is 68.7 Å². The molecule has 1 heterocycles. The van der Waals surface area contributed by atoms with Crippen LogP contribution in [-0.2, 0) is 20.9 Å². The van der Waals surface area contributed by atoms with Crippen molar-refractivity contribution in [1.82, 2.24) is 4.90 Å². The van der Waals surface area contributed by atoms with Crippen LogP contribution in [0.25, 0.3) is 6.08 Å². The highest BCUT2D eigenvalue weighted by molar-refractivity contribution is 6.35.